The van der Waals surface area contributed by atoms with Gasteiger partial charge in [0.15, 0.2) is 22.1 Å². The molecule has 1 aliphatic heterocycles. The highest BCUT2D eigenvalue weighted by Crippen LogP contribution is 2.21. The number of benzene rings is 2. The first-order valence-corrected chi connectivity index (χ1v) is 11.4. The van der Waals surface area contributed by atoms with Gasteiger partial charge in [-0.1, -0.05) is 48.5 Å². The molecule has 1 aromatic heterocycles. The van der Waals surface area contributed by atoms with Crippen molar-refractivity contribution in [3.63, 3.8) is 0 Å². The SMILES string of the molecule is O=C(OCC(=O)N(Cc1ccccc1)C1CCS(=O)(=O)C1)c1n[nH]c2ccccc12. The summed E-state index contributed by atoms with van der Waals surface area (Å²) in [4.78, 5) is 26.9. The van der Waals surface area contributed by atoms with Gasteiger partial charge in [-0.05, 0) is 18.1 Å². The molecule has 30 heavy (non-hydrogen) atoms. The Morgan fingerprint density at radius 3 is 2.57 bits per heavy atom. The van der Waals surface area contributed by atoms with E-state index >= 15 is 0 Å². The Labute approximate surface area is 173 Å². The Morgan fingerprint density at radius 1 is 1.10 bits per heavy atom. The molecular weight excluding hydrogens is 406 g/mol. The zero-order chi connectivity index (χ0) is 21.1. The van der Waals surface area contributed by atoms with E-state index in [2.05, 4.69) is 10.2 Å². The molecule has 2 aromatic carbocycles. The van der Waals surface area contributed by atoms with Crippen molar-refractivity contribution in [1.29, 1.82) is 0 Å². The lowest BCUT2D eigenvalue weighted by Crippen LogP contribution is -2.42. The third-order valence-corrected chi connectivity index (χ3v) is 6.91. The molecular formula is C21H21N3O5S. The number of carbonyl (C=O) groups excluding carboxylic acids is 2. The predicted molar refractivity (Wildman–Crippen MR) is 110 cm³/mol. The quantitative estimate of drug-likeness (QED) is 0.602. The third-order valence-electron chi connectivity index (χ3n) is 5.16. The Morgan fingerprint density at radius 2 is 1.83 bits per heavy atom. The van der Waals surface area contributed by atoms with Crippen molar-refractivity contribution in [2.75, 3.05) is 18.1 Å². The number of rotatable bonds is 6. The van der Waals surface area contributed by atoms with Crippen LogP contribution in [-0.4, -0.2) is 59.5 Å². The average molecular weight is 427 g/mol. The van der Waals surface area contributed by atoms with E-state index in [0.29, 0.717) is 17.3 Å². The van der Waals surface area contributed by atoms with Crippen molar-refractivity contribution in [3.8, 4) is 0 Å². The lowest BCUT2D eigenvalue weighted by atomic mass is 10.1. The number of ether oxygens (including phenoxy) is 1. The molecule has 0 spiro atoms. The minimum absolute atomic E-state index is 0.0509. The maximum absolute atomic E-state index is 12.9. The molecule has 2 heterocycles. The van der Waals surface area contributed by atoms with E-state index in [1.165, 1.54) is 4.90 Å². The molecule has 8 nitrogen and oxygen atoms in total. The van der Waals surface area contributed by atoms with Gasteiger partial charge in [-0.3, -0.25) is 9.89 Å². The van der Waals surface area contributed by atoms with Crippen LogP contribution in [0, 0.1) is 0 Å². The van der Waals surface area contributed by atoms with Gasteiger partial charge in [0.25, 0.3) is 5.91 Å². The third kappa shape index (κ3) is 4.35. The second-order valence-electron chi connectivity index (χ2n) is 7.26. The molecule has 1 unspecified atom stereocenters. The van der Waals surface area contributed by atoms with Crippen LogP contribution in [0.5, 0.6) is 0 Å². The van der Waals surface area contributed by atoms with E-state index in [9.17, 15) is 18.0 Å². The fourth-order valence-corrected chi connectivity index (χ4v) is 5.35. The van der Waals surface area contributed by atoms with Crippen LogP contribution in [0.2, 0.25) is 0 Å². The number of nitrogens with zero attached hydrogens (tertiary/aromatic N) is 2. The van der Waals surface area contributed by atoms with Crippen LogP contribution in [0.3, 0.4) is 0 Å². The van der Waals surface area contributed by atoms with E-state index in [-0.39, 0.29) is 23.7 Å². The minimum Gasteiger partial charge on any atom is -0.451 e. The lowest BCUT2D eigenvalue weighted by molar-refractivity contribution is -0.137. The van der Waals surface area contributed by atoms with Gasteiger partial charge in [-0.15, -0.1) is 0 Å². The summed E-state index contributed by atoms with van der Waals surface area (Å²) in [5.74, 6) is -1.17. The van der Waals surface area contributed by atoms with E-state index in [4.69, 9.17) is 4.74 Å². The molecule has 1 N–H and O–H groups in total. The molecule has 4 rings (SSSR count). The van der Waals surface area contributed by atoms with Crippen molar-refractivity contribution < 1.29 is 22.7 Å². The predicted octanol–water partition coefficient (Wildman–Crippen LogP) is 1.94. The molecule has 1 aliphatic rings. The molecule has 1 saturated heterocycles. The maximum Gasteiger partial charge on any atom is 0.359 e. The Bertz CT molecular complexity index is 1170. The molecule has 1 amide bonds. The first kappa shape index (κ1) is 20.1. The second-order valence-corrected chi connectivity index (χ2v) is 9.49. The number of para-hydroxylation sites is 1. The number of hydrogen-bond acceptors (Lipinski definition) is 6. The van der Waals surface area contributed by atoms with Gasteiger partial charge in [-0.2, -0.15) is 5.10 Å². The largest absolute Gasteiger partial charge is 0.451 e. The zero-order valence-corrected chi connectivity index (χ0v) is 17.0. The van der Waals surface area contributed by atoms with Gasteiger partial charge in [-0.25, -0.2) is 13.2 Å². The summed E-state index contributed by atoms with van der Waals surface area (Å²) in [6.45, 7) is -0.230. The molecule has 0 saturated carbocycles. The van der Waals surface area contributed by atoms with Crippen molar-refractivity contribution >= 4 is 32.6 Å². The van der Waals surface area contributed by atoms with Gasteiger partial charge in [0.1, 0.15) is 0 Å². The fraction of sp³-hybridized carbons (Fsp3) is 0.286. The van der Waals surface area contributed by atoms with Crippen LogP contribution in [-0.2, 0) is 25.9 Å². The van der Waals surface area contributed by atoms with Crippen molar-refractivity contribution in [1.82, 2.24) is 15.1 Å². The van der Waals surface area contributed by atoms with E-state index < -0.39 is 34.4 Å². The number of nitrogens with one attached hydrogen (secondary N) is 1. The second kappa shape index (κ2) is 8.27. The molecule has 0 bridgehead atoms. The number of aromatic nitrogens is 2. The number of fused-ring (bicyclic) bond motifs is 1. The van der Waals surface area contributed by atoms with Gasteiger partial charge in [0, 0.05) is 18.0 Å². The summed E-state index contributed by atoms with van der Waals surface area (Å²) < 4.78 is 29.1. The lowest BCUT2D eigenvalue weighted by Gasteiger charge is -2.28. The summed E-state index contributed by atoms with van der Waals surface area (Å²) in [6.07, 6.45) is 0.374. The number of sulfone groups is 1. The number of hydrogen-bond donors (Lipinski definition) is 1. The topological polar surface area (TPSA) is 109 Å². The molecule has 1 atom stereocenters. The van der Waals surface area contributed by atoms with Crippen molar-refractivity contribution in [2.45, 2.75) is 19.0 Å². The number of aromatic amines is 1. The monoisotopic (exact) mass is 427 g/mol. The Hall–Kier alpha value is -3.20. The van der Waals surface area contributed by atoms with Gasteiger partial charge in [0.2, 0.25) is 0 Å². The molecule has 3 aromatic rings. The normalized spacial score (nSPS) is 17.7. The van der Waals surface area contributed by atoms with Crippen LogP contribution < -0.4 is 0 Å². The number of esters is 1. The number of H-pyrrole nitrogens is 1. The highest BCUT2D eigenvalue weighted by atomic mass is 32.2. The van der Waals surface area contributed by atoms with Crippen LogP contribution in [0.1, 0.15) is 22.5 Å². The van der Waals surface area contributed by atoms with Crippen molar-refractivity contribution in [2.24, 2.45) is 0 Å². The average Bonchev–Trinajstić information content (AvgIpc) is 3.33. The summed E-state index contributed by atoms with van der Waals surface area (Å²) in [5, 5.41) is 7.34. The molecule has 156 valence electrons. The smallest absolute Gasteiger partial charge is 0.359 e. The van der Waals surface area contributed by atoms with Crippen LogP contribution in [0.15, 0.2) is 54.6 Å². The minimum atomic E-state index is -3.17. The standard InChI is InChI=1S/C21H21N3O5S/c25-19(13-29-21(26)20-17-8-4-5-9-18(17)22-23-20)24(12-15-6-2-1-3-7-15)16-10-11-30(27,28)14-16/h1-9,16H,10-14H2,(H,22,23). The number of carbonyl (C=O) groups is 2. The first-order chi connectivity index (χ1) is 14.4. The van der Waals surface area contributed by atoms with Gasteiger partial charge >= 0.3 is 5.97 Å². The summed E-state index contributed by atoms with van der Waals surface area (Å²) >= 11 is 0. The Balaban J connectivity index is 1.48. The molecule has 9 heteroatoms. The maximum atomic E-state index is 12.9. The van der Waals surface area contributed by atoms with Crippen LogP contribution in [0.4, 0.5) is 0 Å². The zero-order valence-electron chi connectivity index (χ0n) is 16.2. The molecule has 1 fully saturated rings. The van der Waals surface area contributed by atoms with Gasteiger partial charge < -0.3 is 9.64 Å². The number of amides is 1. The Kier molecular flexibility index (Phi) is 5.54. The highest BCUT2D eigenvalue weighted by Gasteiger charge is 2.35. The molecule has 0 aliphatic carbocycles. The summed E-state index contributed by atoms with van der Waals surface area (Å²) in [5.41, 5.74) is 1.67. The van der Waals surface area contributed by atoms with Crippen LogP contribution in [0.25, 0.3) is 10.9 Å². The van der Waals surface area contributed by atoms with E-state index in [0.717, 1.165) is 5.56 Å². The van der Waals surface area contributed by atoms with E-state index in [1.807, 2.05) is 36.4 Å². The van der Waals surface area contributed by atoms with E-state index in [1.54, 1.807) is 18.2 Å². The molecule has 0 radical (unpaired) electrons. The summed E-state index contributed by atoms with van der Waals surface area (Å²) in [7, 11) is -3.17. The highest BCUT2D eigenvalue weighted by molar-refractivity contribution is 7.91. The summed E-state index contributed by atoms with van der Waals surface area (Å²) in [6, 6.07) is 16.0. The fourth-order valence-electron chi connectivity index (χ4n) is 3.62. The van der Waals surface area contributed by atoms with Crippen molar-refractivity contribution in [3.05, 3.63) is 65.9 Å². The van der Waals surface area contributed by atoms with Gasteiger partial charge in [0.05, 0.1) is 17.0 Å². The first-order valence-electron chi connectivity index (χ1n) is 9.57. The van der Waals surface area contributed by atoms with Crippen LogP contribution >= 0.6 is 0 Å².